The van der Waals surface area contributed by atoms with Crippen molar-refractivity contribution in [1.29, 1.82) is 0 Å². The van der Waals surface area contributed by atoms with Gasteiger partial charge in [-0.2, -0.15) is 0 Å². The van der Waals surface area contributed by atoms with E-state index in [2.05, 4.69) is 135 Å². The van der Waals surface area contributed by atoms with Crippen molar-refractivity contribution >= 4 is 17.9 Å². The minimum absolute atomic E-state index is 0.135. The van der Waals surface area contributed by atoms with Crippen molar-refractivity contribution in [3.8, 4) is 0 Å². The molecule has 2 atom stereocenters. The summed E-state index contributed by atoms with van der Waals surface area (Å²) in [6.45, 7) is 4.58. The van der Waals surface area contributed by atoms with Crippen molar-refractivity contribution in [2.45, 2.75) is 232 Å². The Labute approximate surface area is 459 Å². The molecule has 426 valence electrons. The number of aliphatic carboxylic acids is 1. The molecule has 0 aliphatic rings. The van der Waals surface area contributed by atoms with Gasteiger partial charge in [0.2, 0.25) is 0 Å². The number of nitrogens with zero attached hydrogens (tertiary/aromatic N) is 1. The van der Waals surface area contributed by atoms with Gasteiger partial charge in [0, 0.05) is 12.8 Å². The summed E-state index contributed by atoms with van der Waals surface area (Å²) in [5.74, 6) is -2.34. The first-order valence-electron chi connectivity index (χ1n) is 29.7. The van der Waals surface area contributed by atoms with Gasteiger partial charge in [-0.05, 0) is 109 Å². The molecule has 0 aromatic carbocycles. The number of quaternary nitrogens is 1. The molecule has 0 aromatic rings. The third-order valence-corrected chi connectivity index (χ3v) is 12.2. The van der Waals surface area contributed by atoms with E-state index in [1.807, 2.05) is 21.1 Å². The summed E-state index contributed by atoms with van der Waals surface area (Å²) in [5, 5.41) is 11.8. The second-order valence-corrected chi connectivity index (χ2v) is 20.5. The highest BCUT2D eigenvalue weighted by molar-refractivity contribution is 5.70. The van der Waals surface area contributed by atoms with Gasteiger partial charge in [0.1, 0.15) is 13.2 Å². The van der Waals surface area contributed by atoms with E-state index < -0.39 is 24.3 Å². The number of carboxylic acid groups (broad SMARTS) is 1. The van der Waals surface area contributed by atoms with Crippen molar-refractivity contribution in [2.24, 2.45) is 0 Å². The summed E-state index contributed by atoms with van der Waals surface area (Å²) >= 11 is 0. The van der Waals surface area contributed by atoms with E-state index in [0.717, 1.165) is 116 Å². The first kappa shape index (κ1) is 70.7. The lowest BCUT2D eigenvalue weighted by molar-refractivity contribution is -0.870. The van der Waals surface area contributed by atoms with Gasteiger partial charge in [-0.25, -0.2) is 0 Å². The van der Waals surface area contributed by atoms with Gasteiger partial charge in [0.05, 0.1) is 40.3 Å². The molecule has 0 rings (SSSR count). The molecule has 0 saturated carbocycles. The normalized spacial score (nSPS) is 13.7. The number of hydrogen-bond donors (Lipinski definition) is 0. The lowest BCUT2D eigenvalue weighted by Crippen LogP contribution is -2.44. The molecule has 0 aromatic heterocycles. The predicted molar refractivity (Wildman–Crippen MR) is 315 cm³/mol. The number of hydrogen-bond acceptors (Lipinski definition) is 8. The average Bonchev–Trinajstić information content (AvgIpc) is 3.38. The molecule has 0 aliphatic heterocycles. The van der Waals surface area contributed by atoms with E-state index >= 15 is 0 Å². The van der Waals surface area contributed by atoms with Crippen LogP contribution in [0.15, 0.2) is 122 Å². The van der Waals surface area contributed by atoms with Gasteiger partial charge in [-0.1, -0.05) is 219 Å². The van der Waals surface area contributed by atoms with Crippen LogP contribution in [-0.2, 0) is 33.3 Å². The van der Waals surface area contributed by atoms with E-state index in [1.165, 1.54) is 70.6 Å². The third kappa shape index (κ3) is 57.2. The predicted octanol–water partition coefficient (Wildman–Crippen LogP) is 16.3. The fraction of sp³-hybridized carbons (Fsp3) is 0.652. The number of allylic oxidation sites excluding steroid dienone is 20. The zero-order valence-corrected chi connectivity index (χ0v) is 48.4. The van der Waals surface area contributed by atoms with Crippen LogP contribution in [0.3, 0.4) is 0 Å². The number of carbonyl (C=O) groups is 3. The highest BCUT2D eigenvalue weighted by Gasteiger charge is 2.22. The first-order valence-corrected chi connectivity index (χ1v) is 29.7. The Kier molecular flexibility index (Phi) is 52.7. The van der Waals surface area contributed by atoms with Crippen LogP contribution in [0.25, 0.3) is 0 Å². The third-order valence-electron chi connectivity index (χ3n) is 12.2. The number of carbonyl (C=O) groups excluding carboxylic acids is 3. The van der Waals surface area contributed by atoms with Gasteiger partial charge in [-0.3, -0.25) is 9.59 Å². The highest BCUT2D eigenvalue weighted by atomic mass is 16.7. The number of carboxylic acids is 1. The van der Waals surface area contributed by atoms with Gasteiger partial charge >= 0.3 is 11.9 Å². The summed E-state index contributed by atoms with van der Waals surface area (Å²) in [5.41, 5.74) is 0. The number of ether oxygens (including phenoxy) is 4. The van der Waals surface area contributed by atoms with E-state index in [4.69, 9.17) is 18.9 Å². The SMILES string of the molecule is CC/C=C\C/C=C\C/C=C\C/C=C\C/C=C\C/C=C\C/C=C\C/C=C\CCCCCCC(=O)OC(COC(=O)CCCCCCCCCCC/C=C\C/C=C\CCCCCCC)COC(OCC[N+](C)(C)C)C(=O)[O-]. The van der Waals surface area contributed by atoms with Crippen LogP contribution < -0.4 is 5.11 Å². The van der Waals surface area contributed by atoms with E-state index in [0.29, 0.717) is 17.4 Å². The second kappa shape index (κ2) is 55.9. The van der Waals surface area contributed by atoms with Crippen LogP contribution in [0, 0.1) is 0 Å². The van der Waals surface area contributed by atoms with Crippen LogP contribution in [-0.4, -0.2) is 82.3 Å². The van der Waals surface area contributed by atoms with Crippen molar-refractivity contribution in [3.05, 3.63) is 122 Å². The molecule has 0 heterocycles. The van der Waals surface area contributed by atoms with Gasteiger partial charge < -0.3 is 33.3 Å². The second-order valence-electron chi connectivity index (χ2n) is 20.5. The quantitative estimate of drug-likeness (QED) is 0.0195. The zero-order chi connectivity index (χ0) is 54.8. The highest BCUT2D eigenvalue weighted by Crippen LogP contribution is 2.14. The molecule has 0 N–H and O–H groups in total. The number of unbranched alkanes of at least 4 members (excludes halogenated alkanes) is 18. The summed E-state index contributed by atoms with van der Waals surface area (Å²) in [7, 11) is 5.90. The summed E-state index contributed by atoms with van der Waals surface area (Å²) in [6.07, 6.45) is 75.3. The Bertz CT molecular complexity index is 1640. The first-order chi connectivity index (χ1) is 36.6. The zero-order valence-electron chi connectivity index (χ0n) is 48.4. The standard InChI is InChI=1S/C66H109NO8/c1-6-8-10-12-14-16-18-20-22-24-26-28-29-30-31-32-33-34-35-37-39-41-43-45-47-49-51-53-55-57-64(69)75-62(61-74-66(65(70)71)72-59-58-67(3,4)5)60-73-63(68)56-54-52-50-48-46-44-42-40-38-36-27-25-23-21-19-17-15-13-11-9-7-2/h8,10,14,16,19-22,25-28,30-31,33-34,37,39,43,45,62,66H,6-7,9,11-13,15,17-18,23-24,29,32,35-36,38,40-42,44,46-61H2,1-5H3/b10-8-,16-14-,21-19-,22-20-,27-25-,28-26-,31-30-,34-33-,39-37-,45-43-. The molecule has 9 heteroatoms. The maximum absolute atomic E-state index is 12.9. The molecule has 0 saturated heterocycles. The number of esters is 2. The Balaban J connectivity index is 4.35. The minimum Gasteiger partial charge on any atom is -0.545 e. The summed E-state index contributed by atoms with van der Waals surface area (Å²) in [4.78, 5) is 37.3. The number of likely N-dealkylation sites (N-methyl/N-ethyl adjacent to an activating group) is 1. The molecule has 0 aliphatic carbocycles. The van der Waals surface area contributed by atoms with E-state index in [9.17, 15) is 19.5 Å². The monoisotopic (exact) mass is 1040 g/mol. The van der Waals surface area contributed by atoms with Crippen LogP contribution >= 0.6 is 0 Å². The molecule has 0 spiro atoms. The van der Waals surface area contributed by atoms with Crippen LogP contribution in [0.4, 0.5) is 0 Å². The molecular formula is C66H109NO8. The Morgan fingerprint density at radius 2 is 0.760 bits per heavy atom. The van der Waals surface area contributed by atoms with Crippen molar-refractivity contribution < 1.29 is 42.9 Å². The summed E-state index contributed by atoms with van der Waals surface area (Å²) < 4.78 is 22.7. The molecule has 0 amide bonds. The summed E-state index contributed by atoms with van der Waals surface area (Å²) in [6, 6.07) is 0. The molecular weight excluding hydrogens is 935 g/mol. The van der Waals surface area contributed by atoms with E-state index in [-0.39, 0.29) is 38.6 Å². The fourth-order valence-corrected chi connectivity index (χ4v) is 7.64. The Hall–Kier alpha value is -4.31. The van der Waals surface area contributed by atoms with Gasteiger partial charge in [0.15, 0.2) is 12.4 Å². The molecule has 0 bridgehead atoms. The van der Waals surface area contributed by atoms with Gasteiger partial charge in [0.25, 0.3) is 0 Å². The van der Waals surface area contributed by atoms with Crippen LogP contribution in [0.1, 0.15) is 219 Å². The maximum Gasteiger partial charge on any atom is 0.306 e. The fourth-order valence-electron chi connectivity index (χ4n) is 7.64. The van der Waals surface area contributed by atoms with Crippen molar-refractivity contribution in [1.82, 2.24) is 0 Å². The molecule has 0 fully saturated rings. The Morgan fingerprint density at radius 1 is 0.413 bits per heavy atom. The minimum atomic E-state index is -1.64. The number of rotatable bonds is 53. The molecule has 9 nitrogen and oxygen atoms in total. The average molecular weight is 1040 g/mol. The van der Waals surface area contributed by atoms with Crippen molar-refractivity contribution in [2.75, 3.05) is 47.5 Å². The van der Waals surface area contributed by atoms with Crippen LogP contribution in [0.5, 0.6) is 0 Å². The van der Waals surface area contributed by atoms with Crippen molar-refractivity contribution in [3.63, 3.8) is 0 Å². The molecule has 75 heavy (non-hydrogen) atoms. The maximum atomic E-state index is 12.9. The lowest BCUT2D eigenvalue weighted by Gasteiger charge is -2.26. The smallest absolute Gasteiger partial charge is 0.306 e. The topological polar surface area (TPSA) is 111 Å². The molecule has 0 radical (unpaired) electrons. The largest absolute Gasteiger partial charge is 0.545 e. The van der Waals surface area contributed by atoms with Crippen LogP contribution in [0.2, 0.25) is 0 Å². The van der Waals surface area contributed by atoms with Gasteiger partial charge in [-0.15, -0.1) is 0 Å². The Morgan fingerprint density at radius 3 is 1.13 bits per heavy atom. The molecule has 2 unspecified atom stereocenters. The lowest BCUT2D eigenvalue weighted by atomic mass is 10.1. The van der Waals surface area contributed by atoms with E-state index in [1.54, 1.807) is 0 Å².